The minimum absolute atomic E-state index is 0.00344. The van der Waals surface area contributed by atoms with Crippen molar-refractivity contribution in [2.75, 3.05) is 6.61 Å². The topological polar surface area (TPSA) is 68.8 Å². The molecule has 1 rings (SSSR count). The third-order valence-corrected chi connectivity index (χ3v) is 2.31. The smallest absolute Gasteiger partial charge is 0.425 e. The first-order valence-electron chi connectivity index (χ1n) is 6.25. The molecule has 0 spiro atoms. The standard InChI is InChI=1S/C13H14F4N2O4/c1-3-21-13(20)19-18-7(2)9-5-4-8(22-11(14)15)6-10(9)23-12(16)17/h4-6,11-12,18H,2-3H2,1H3,(H,19,20). The van der Waals surface area contributed by atoms with Gasteiger partial charge in [-0.1, -0.05) is 6.58 Å². The van der Waals surface area contributed by atoms with E-state index in [4.69, 9.17) is 0 Å². The van der Waals surface area contributed by atoms with Gasteiger partial charge in [0.15, 0.2) is 0 Å². The van der Waals surface area contributed by atoms with Crippen LogP contribution in [0.1, 0.15) is 12.5 Å². The second kappa shape index (κ2) is 8.71. The summed E-state index contributed by atoms with van der Waals surface area (Å²) in [6.45, 7) is -1.08. The maximum atomic E-state index is 12.4. The normalized spacial score (nSPS) is 10.4. The molecule has 23 heavy (non-hydrogen) atoms. The monoisotopic (exact) mass is 338 g/mol. The van der Waals surface area contributed by atoms with Crippen molar-refractivity contribution in [2.24, 2.45) is 0 Å². The number of nitrogens with one attached hydrogen (secondary N) is 2. The molecule has 0 heterocycles. The molecule has 0 atom stereocenters. The highest BCUT2D eigenvalue weighted by atomic mass is 19.3. The molecule has 1 aromatic carbocycles. The van der Waals surface area contributed by atoms with Gasteiger partial charge in [-0.3, -0.25) is 5.43 Å². The minimum Gasteiger partial charge on any atom is -0.449 e. The molecule has 0 bridgehead atoms. The summed E-state index contributed by atoms with van der Waals surface area (Å²) in [6.07, 6.45) is -0.817. The molecular formula is C13H14F4N2O4. The third kappa shape index (κ3) is 6.32. The highest BCUT2D eigenvalue weighted by Gasteiger charge is 2.15. The van der Waals surface area contributed by atoms with E-state index in [1.807, 2.05) is 0 Å². The number of halogens is 4. The van der Waals surface area contributed by atoms with Crippen molar-refractivity contribution in [1.82, 2.24) is 10.9 Å². The molecule has 0 aliphatic rings. The number of rotatable bonds is 8. The Kier molecular flexibility index (Phi) is 6.97. The summed E-state index contributed by atoms with van der Waals surface area (Å²) >= 11 is 0. The number of hydrogen-bond donors (Lipinski definition) is 2. The number of benzene rings is 1. The molecule has 0 aliphatic carbocycles. The molecule has 0 aromatic heterocycles. The van der Waals surface area contributed by atoms with Crippen LogP contribution in [-0.2, 0) is 4.74 Å². The van der Waals surface area contributed by atoms with Crippen LogP contribution >= 0.6 is 0 Å². The van der Waals surface area contributed by atoms with Crippen LogP contribution in [0.25, 0.3) is 5.70 Å². The zero-order valence-electron chi connectivity index (χ0n) is 11.9. The molecule has 6 nitrogen and oxygen atoms in total. The summed E-state index contributed by atoms with van der Waals surface area (Å²) in [5, 5.41) is 0. The predicted octanol–water partition coefficient (Wildman–Crippen LogP) is 3.11. The first kappa shape index (κ1) is 18.4. The van der Waals surface area contributed by atoms with Crippen LogP contribution in [0.4, 0.5) is 22.4 Å². The van der Waals surface area contributed by atoms with Crippen molar-refractivity contribution >= 4 is 11.8 Å². The molecule has 0 saturated carbocycles. The molecule has 0 unspecified atom stereocenters. The number of ether oxygens (including phenoxy) is 3. The molecule has 128 valence electrons. The highest BCUT2D eigenvalue weighted by Crippen LogP contribution is 2.30. The number of carbonyl (C=O) groups excluding carboxylic acids is 1. The van der Waals surface area contributed by atoms with Gasteiger partial charge in [0.25, 0.3) is 0 Å². The molecule has 1 amide bonds. The summed E-state index contributed by atoms with van der Waals surface area (Å²) in [5.41, 5.74) is 4.40. The summed E-state index contributed by atoms with van der Waals surface area (Å²) in [7, 11) is 0. The van der Waals surface area contributed by atoms with E-state index in [1.54, 1.807) is 6.92 Å². The van der Waals surface area contributed by atoms with Gasteiger partial charge in [0, 0.05) is 11.6 Å². The molecule has 2 N–H and O–H groups in total. The van der Waals surface area contributed by atoms with Crippen LogP contribution in [0.15, 0.2) is 24.8 Å². The summed E-state index contributed by atoms with van der Waals surface area (Å²) in [6, 6.07) is 3.12. The van der Waals surface area contributed by atoms with Gasteiger partial charge >= 0.3 is 19.3 Å². The van der Waals surface area contributed by atoms with E-state index >= 15 is 0 Å². The van der Waals surface area contributed by atoms with Crippen molar-refractivity contribution in [1.29, 1.82) is 0 Å². The molecule has 0 radical (unpaired) electrons. The fourth-order valence-electron chi connectivity index (χ4n) is 1.48. The van der Waals surface area contributed by atoms with Crippen LogP contribution in [0.3, 0.4) is 0 Å². The minimum atomic E-state index is -3.19. The van der Waals surface area contributed by atoms with Gasteiger partial charge in [-0.15, -0.1) is 0 Å². The number of amides is 1. The fraction of sp³-hybridized carbons (Fsp3) is 0.308. The number of alkyl halides is 4. The second-order valence-corrected chi connectivity index (χ2v) is 3.86. The number of hydrazine groups is 1. The Morgan fingerprint density at radius 1 is 1.17 bits per heavy atom. The van der Waals surface area contributed by atoms with Gasteiger partial charge < -0.3 is 14.2 Å². The zero-order chi connectivity index (χ0) is 17.4. The molecule has 10 heteroatoms. The van der Waals surface area contributed by atoms with Crippen LogP contribution in [0, 0.1) is 0 Å². The van der Waals surface area contributed by atoms with Crippen molar-refractivity contribution in [3.05, 3.63) is 30.3 Å². The predicted molar refractivity (Wildman–Crippen MR) is 72.0 cm³/mol. The molecule has 0 aliphatic heterocycles. The highest BCUT2D eigenvalue weighted by molar-refractivity contribution is 5.72. The van der Waals surface area contributed by atoms with E-state index in [2.05, 4.69) is 31.6 Å². The van der Waals surface area contributed by atoms with Crippen LogP contribution in [0.5, 0.6) is 11.5 Å². The Morgan fingerprint density at radius 2 is 1.83 bits per heavy atom. The van der Waals surface area contributed by atoms with E-state index in [1.165, 1.54) is 0 Å². The molecule has 1 aromatic rings. The molecule has 0 saturated heterocycles. The lowest BCUT2D eigenvalue weighted by Crippen LogP contribution is -2.36. The Labute approximate surface area is 129 Å². The molecular weight excluding hydrogens is 324 g/mol. The lowest BCUT2D eigenvalue weighted by molar-refractivity contribution is -0.0544. The Bertz CT molecular complexity index is 555. The summed E-state index contributed by atoms with van der Waals surface area (Å²) in [4.78, 5) is 11.1. The first-order chi connectivity index (χ1) is 10.8. The van der Waals surface area contributed by atoms with Gasteiger partial charge in [-0.2, -0.15) is 17.6 Å². The van der Waals surface area contributed by atoms with Crippen molar-refractivity contribution < 1.29 is 36.6 Å². The Hall–Kier alpha value is -2.65. The van der Waals surface area contributed by atoms with Crippen molar-refractivity contribution in [3.63, 3.8) is 0 Å². The van der Waals surface area contributed by atoms with Gasteiger partial charge in [0.1, 0.15) is 11.5 Å². The quantitative estimate of drug-likeness (QED) is 0.563. The molecule has 0 fully saturated rings. The van der Waals surface area contributed by atoms with Crippen LogP contribution in [-0.4, -0.2) is 25.9 Å². The van der Waals surface area contributed by atoms with E-state index in [0.717, 1.165) is 18.2 Å². The number of hydrogen-bond acceptors (Lipinski definition) is 5. The van der Waals surface area contributed by atoms with Gasteiger partial charge in [0.05, 0.1) is 12.3 Å². The summed E-state index contributed by atoms with van der Waals surface area (Å²) < 4.78 is 62.1. The Balaban J connectivity index is 2.90. The number of carbonyl (C=O) groups is 1. The van der Waals surface area contributed by atoms with Gasteiger partial charge in [-0.05, 0) is 19.1 Å². The fourth-order valence-corrected chi connectivity index (χ4v) is 1.48. The van der Waals surface area contributed by atoms with Crippen molar-refractivity contribution in [2.45, 2.75) is 20.1 Å². The largest absolute Gasteiger partial charge is 0.449 e. The zero-order valence-corrected chi connectivity index (χ0v) is 11.9. The SMILES string of the molecule is C=C(NNC(=O)OCC)c1ccc(OC(F)F)cc1OC(F)F. The van der Waals surface area contributed by atoms with E-state index in [-0.39, 0.29) is 23.6 Å². The Morgan fingerprint density at radius 3 is 2.39 bits per heavy atom. The van der Waals surface area contributed by atoms with Gasteiger partial charge in [-0.25, -0.2) is 10.2 Å². The lowest BCUT2D eigenvalue weighted by Gasteiger charge is -2.16. The van der Waals surface area contributed by atoms with E-state index in [0.29, 0.717) is 0 Å². The van der Waals surface area contributed by atoms with Crippen LogP contribution in [0.2, 0.25) is 0 Å². The van der Waals surface area contributed by atoms with Crippen LogP contribution < -0.4 is 20.3 Å². The second-order valence-electron chi connectivity index (χ2n) is 3.86. The van der Waals surface area contributed by atoms with E-state index < -0.39 is 25.1 Å². The van der Waals surface area contributed by atoms with E-state index in [9.17, 15) is 22.4 Å². The van der Waals surface area contributed by atoms with Gasteiger partial charge in [0.2, 0.25) is 0 Å². The summed E-state index contributed by atoms with van der Waals surface area (Å²) in [5.74, 6) is -0.827. The first-order valence-corrected chi connectivity index (χ1v) is 6.25. The van der Waals surface area contributed by atoms with Crippen molar-refractivity contribution in [3.8, 4) is 11.5 Å². The third-order valence-electron chi connectivity index (χ3n) is 2.31. The average molecular weight is 338 g/mol. The maximum absolute atomic E-state index is 12.4. The maximum Gasteiger partial charge on any atom is 0.425 e. The lowest BCUT2D eigenvalue weighted by atomic mass is 10.1. The average Bonchev–Trinajstić information content (AvgIpc) is 2.44.